The second-order valence-corrected chi connectivity index (χ2v) is 1.33. The summed E-state index contributed by atoms with van der Waals surface area (Å²) < 4.78 is 51.7. The third kappa shape index (κ3) is 1.86. The Morgan fingerprint density at radius 1 is 1.44 bits per heavy atom. The number of hydrogen-bond acceptors (Lipinski definition) is 1. The number of rotatable bonds is 2. The molecule has 0 amide bonds. The highest BCUT2D eigenvalue weighted by Gasteiger charge is 1.85. The van der Waals surface area contributed by atoms with Crippen molar-refractivity contribution < 1.29 is 14.7 Å². The third-order valence-electron chi connectivity index (χ3n) is 0.756. The predicted octanol–water partition coefficient (Wildman–Crippen LogP) is 1.22. The van der Waals surface area contributed by atoms with E-state index in [0.717, 1.165) is 0 Å². The van der Waals surface area contributed by atoms with Gasteiger partial charge in [0.1, 0.15) is 0 Å². The first kappa shape index (κ1) is 1.83. The molecule has 0 saturated carbocycles. The van der Waals surface area contributed by atoms with Gasteiger partial charge < -0.3 is 5.11 Å². The van der Waals surface area contributed by atoms with Crippen molar-refractivity contribution >= 4 is 0 Å². The molecule has 0 bridgehead atoms. The van der Waals surface area contributed by atoms with Crippen molar-refractivity contribution in [2.75, 3.05) is 6.61 Å². The molecule has 0 aliphatic heterocycles. The highest BCUT2D eigenvalue weighted by molar-refractivity contribution is 5.14. The van der Waals surface area contributed by atoms with Crippen molar-refractivity contribution in [3.05, 3.63) is 35.8 Å². The van der Waals surface area contributed by atoms with Crippen LogP contribution in [0.25, 0.3) is 0 Å². The van der Waals surface area contributed by atoms with Crippen molar-refractivity contribution in [3.8, 4) is 0 Å². The molecule has 0 spiro atoms. The van der Waals surface area contributed by atoms with Crippen molar-refractivity contribution in [2.45, 2.75) is 6.37 Å². The molecular formula is C8H10O. The van der Waals surface area contributed by atoms with Gasteiger partial charge >= 0.3 is 0 Å². The molecule has 48 valence electrons. The zero-order valence-electron chi connectivity index (χ0n) is 11.7. The molecule has 1 heteroatoms. The van der Waals surface area contributed by atoms with Crippen LogP contribution in [0.5, 0.6) is 0 Å². The quantitative estimate of drug-likeness (QED) is 0.636. The molecule has 1 nitrogen and oxygen atoms in total. The van der Waals surface area contributed by atoms with E-state index >= 15 is 0 Å². The molecule has 1 N–H and O–H groups in total. The lowest BCUT2D eigenvalue weighted by atomic mass is 10.2. The summed E-state index contributed by atoms with van der Waals surface area (Å²) in [6.07, 6.45) is -2.35. The molecule has 0 radical (unpaired) electrons. The Bertz CT molecular complexity index is 400. The van der Waals surface area contributed by atoms with E-state index in [9.17, 15) is 0 Å². The average Bonchev–Trinajstić information content (AvgIpc) is 2.23. The van der Waals surface area contributed by atoms with E-state index in [1.807, 2.05) is 0 Å². The minimum absolute atomic E-state index is 0.513. The summed E-state index contributed by atoms with van der Waals surface area (Å²) in [5.41, 5.74) is -0.513. The molecule has 0 saturated heterocycles. The fraction of sp³-hybridized carbons (Fsp3) is 0.250. The standard InChI is InChI=1S/C8H10O/c9-7-6-8-4-2-1-3-5-8/h1-5,9H,6-7H2/i1D,2D,3D,4D,5D,6D2. The minimum Gasteiger partial charge on any atom is -0.396 e. The molecule has 1 rings (SSSR count). The van der Waals surface area contributed by atoms with Gasteiger partial charge in [-0.15, -0.1) is 0 Å². The summed E-state index contributed by atoms with van der Waals surface area (Å²) in [6, 6.07) is -3.02. The zero-order valence-corrected chi connectivity index (χ0v) is 4.65. The maximum absolute atomic E-state index is 8.84. The Morgan fingerprint density at radius 3 is 2.67 bits per heavy atom. The molecule has 1 aromatic rings. The van der Waals surface area contributed by atoms with Gasteiger partial charge in [0.15, 0.2) is 0 Å². The number of hydrogen-bond donors (Lipinski definition) is 1. The summed E-state index contributed by atoms with van der Waals surface area (Å²) in [5, 5.41) is 8.84. The van der Waals surface area contributed by atoms with Gasteiger partial charge in [-0.2, -0.15) is 0 Å². The van der Waals surface area contributed by atoms with Crippen LogP contribution >= 0.6 is 0 Å². The average molecular weight is 129 g/mol. The highest BCUT2D eigenvalue weighted by Crippen LogP contribution is 1.97. The molecule has 9 heavy (non-hydrogen) atoms. The lowest BCUT2D eigenvalue weighted by Gasteiger charge is -1.93. The Balaban J connectivity index is 3.65. The number of aliphatic hydroxyl groups excluding tert-OH is 1. The lowest BCUT2D eigenvalue weighted by Crippen LogP contribution is -1.88. The monoisotopic (exact) mass is 129 g/mol. The van der Waals surface area contributed by atoms with Gasteiger partial charge in [-0.05, 0) is 11.9 Å². The van der Waals surface area contributed by atoms with E-state index in [4.69, 9.17) is 14.7 Å². The number of benzene rings is 1. The Hall–Kier alpha value is -0.820. The second kappa shape index (κ2) is 3.25. The van der Waals surface area contributed by atoms with E-state index in [-0.39, 0.29) is 0 Å². The molecule has 0 aromatic heterocycles. The molecule has 0 aliphatic rings. The third-order valence-corrected chi connectivity index (χ3v) is 0.756. The van der Waals surface area contributed by atoms with E-state index in [1.54, 1.807) is 0 Å². The van der Waals surface area contributed by atoms with Crippen LogP contribution in [0.3, 0.4) is 0 Å². The van der Waals surface area contributed by atoms with E-state index in [0.29, 0.717) is 0 Å². The van der Waals surface area contributed by atoms with Crippen molar-refractivity contribution in [3.63, 3.8) is 0 Å². The first-order valence-electron chi connectivity index (χ1n) is 5.92. The van der Waals surface area contributed by atoms with Crippen molar-refractivity contribution in [1.29, 1.82) is 0 Å². The molecule has 0 fully saturated rings. The van der Waals surface area contributed by atoms with Gasteiger partial charge in [0.05, 0.1) is 6.85 Å². The van der Waals surface area contributed by atoms with Crippen molar-refractivity contribution in [1.82, 2.24) is 0 Å². The van der Waals surface area contributed by atoms with Gasteiger partial charge in [-0.1, -0.05) is 30.2 Å². The summed E-state index contributed by atoms with van der Waals surface area (Å²) in [7, 11) is 0. The summed E-state index contributed by atoms with van der Waals surface area (Å²) in [5.74, 6) is 0. The Kier molecular flexibility index (Phi) is 0.662. The van der Waals surface area contributed by atoms with Crippen LogP contribution in [-0.4, -0.2) is 11.7 Å². The predicted molar refractivity (Wildman–Crippen MR) is 37.2 cm³/mol. The van der Waals surface area contributed by atoms with Crippen LogP contribution in [0.1, 0.15) is 15.2 Å². The largest absolute Gasteiger partial charge is 0.396 e. The van der Waals surface area contributed by atoms with Crippen LogP contribution in [0.2, 0.25) is 0 Å². The van der Waals surface area contributed by atoms with E-state index in [2.05, 4.69) is 0 Å². The van der Waals surface area contributed by atoms with Crippen LogP contribution in [0, 0.1) is 0 Å². The van der Waals surface area contributed by atoms with Crippen LogP contribution in [0.4, 0.5) is 0 Å². The lowest BCUT2D eigenvalue weighted by molar-refractivity contribution is 0.299. The Morgan fingerprint density at radius 2 is 2.11 bits per heavy atom. The highest BCUT2D eigenvalue weighted by atomic mass is 16.2. The van der Waals surface area contributed by atoms with Crippen LogP contribution in [0.15, 0.2) is 30.2 Å². The Labute approximate surface area is 64.8 Å². The van der Waals surface area contributed by atoms with E-state index < -0.39 is 48.8 Å². The smallest absolute Gasteiger partial charge is 0.0626 e. The summed E-state index contributed by atoms with van der Waals surface area (Å²) in [4.78, 5) is 0. The van der Waals surface area contributed by atoms with E-state index in [1.165, 1.54) is 0 Å². The normalized spacial score (nSPS) is 22.1. The fourth-order valence-corrected chi connectivity index (χ4v) is 0.417. The van der Waals surface area contributed by atoms with Crippen LogP contribution < -0.4 is 0 Å². The van der Waals surface area contributed by atoms with Crippen molar-refractivity contribution in [2.24, 2.45) is 0 Å². The second-order valence-electron chi connectivity index (χ2n) is 1.33. The van der Waals surface area contributed by atoms with Crippen LogP contribution in [-0.2, 0) is 6.37 Å². The van der Waals surface area contributed by atoms with Gasteiger partial charge in [0, 0.05) is 9.35 Å². The van der Waals surface area contributed by atoms with Gasteiger partial charge in [0.2, 0.25) is 0 Å². The molecule has 0 atom stereocenters. The zero-order chi connectivity index (χ0) is 12.7. The minimum atomic E-state index is -2.35. The maximum atomic E-state index is 8.84. The van der Waals surface area contributed by atoms with Gasteiger partial charge in [0.25, 0.3) is 0 Å². The molecule has 0 aliphatic carbocycles. The first-order valence-corrected chi connectivity index (χ1v) is 2.42. The SMILES string of the molecule is [2H]c1c([2H])c([2H])c(C([2H])([2H])CO)c([2H])c1[2H]. The van der Waals surface area contributed by atoms with Gasteiger partial charge in [-0.3, -0.25) is 0 Å². The molecule has 0 heterocycles. The van der Waals surface area contributed by atoms with Gasteiger partial charge in [-0.25, -0.2) is 0 Å². The maximum Gasteiger partial charge on any atom is 0.0626 e. The molecular weight excluding hydrogens is 112 g/mol. The topological polar surface area (TPSA) is 20.2 Å². The number of aliphatic hydroxyl groups is 1. The fourth-order valence-electron chi connectivity index (χ4n) is 0.417. The molecule has 0 unspecified atom stereocenters. The first-order chi connectivity index (χ1) is 7.24. The molecule has 1 aromatic carbocycles. The summed E-state index contributed by atoms with van der Waals surface area (Å²) in [6.45, 7) is -0.943. The summed E-state index contributed by atoms with van der Waals surface area (Å²) >= 11 is 0.